The van der Waals surface area contributed by atoms with Crippen LogP contribution in [0.1, 0.15) is 21.1 Å². The smallest absolute Gasteiger partial charge is 0.271 e. The Morgan fingerprint density at radius 2 is 2.12 bits per heavy atom. The molecule has 0 aliphatic carbocycles. The monoisotopic (exact) mass is 406 g/mol. The summed E-state index contributed by atoms with van der Waals surface area (Å²) in [6.07, 6.45) is 0. The number of nitrogens with two attached hydrogens (primary N) is 1. The Morgan fingerprint density at radius 1 is 1.36 bits per heavy atom. The highest BCUT2D eigenvalue weighted by molar-refractivity contribution is 7.09. The van der Waals surface area contributed by atoms with Crippen molar-refractivity contribution in [1.29, 1.82) is 0 Å². The maximum atomic E-state index is 12.0. The van der Waals surface area contributed by atoms with E-state index in [-0.39, 0.29) is 30.7 Å². The predicted molar refractivity (Wildman–Crippen MR) is 106 cm³/mol. The van der Waals surface area contributed by atoms with E-state index in [2.05, 4.69) is 15.2 Å². The molecule has 0 spiro atoms. The van der Waals surface area contributed by atoms with E-state index in [1.54, 1.807) is 5.38 Å². The highest BCUT2D eigenvalue weighted by Gasteiger charge is 2.09. The van der Waals surface area contributed by atoms with E-state index in [9.17, 15) is 4.79 Å². The number of ether oxygens (including phenoxy) is 1. The van der Waals surface area contributed by atoms with E-state index < -0.39 is 0 Å². The fraction of sp³-hybridized carbons (Fsp3) is 0.375. The van der Waals surface area contributed by atoms with Gasteiger partial charge in [0, 0.05) is 25.0 Å². The van der Waals surface area contributed by atoms with Crippen LogP contribution in [0.3, 0.4) is 0 Å². The van der Waals surface area contributed by atoms with E-state index in [0.29, 0.717) is 25.4 Å². The van der Waals surface area contributed by atoms with Crippen molar-refractivity contribution in [2.45, 2.75) is 13.1 Å². The van der Waals surface area contributed by atoms with E-state index in [0.717, 1.165) is 22.9 Å². The molecular formula is C16H24Cl2N4O2S. The number of aromatic nitrogens is 1. The van der Waals surface area contributed by atoms with Gasteiger partial charge in [0.15, 0.2) is 0 Å². The number of rotatable bonds is 8. The summed E-state index contributed by atoms with van der Waals surface area (Å²) in [5.41, 5.74) is 6.90. The van der Waals surface area contributed by atoms with Gasteiger partial charge in [0.2, 0.25) is 0 Å². The van der Waals surface area contributed by atoms with Crippen LogP contribution < -0.4 is 15.8 Å². The molecule has 1 aromatic heterocycles. The standard InChI is InChI=1S/C16H22N4O2S.2ClH/c1-20(2)6-7-22-13-5-3-4-12(8-13)10-18-16(21)14-11-23-15(9-17)19-14;;/h3-5,8,11H,6-7,9-10,17H2,1-2H3,(H,18,21);2*1H. The highest BCUT2D eigenvalue weighted by Crippen LogP contribution is 2.14. The average Bonchev–Trinajstić information content (AvgIpc) is 3.02. The Morgan fingerprint density at radius 3 is 2.76 bits per heavy atom. The molecule has 2 aromatic rings. The van der Waals surface area contributed by atoms with Crippen LogP contribution in [-0.2, 0) is 13.1 Å². The third-order valence-electron chi connectivity index (χ3n) is 3.12. The van der Waals surface area contributed by atoms with Gasteiger partial charge in [-0.05, 0) is 31.8 Å². The van der Waals surface area contributed by atoms with Crippen molar-refractivity contribution in [3.05, 3.63) is 45.9 Å². The summed E-state index contributed by atoms with van der Waals surface area (Å²) >= 11 is 1.39. The molecule has 0 radical (unpaired) electrons. The van der Waals surface area contributed by atoms with Crippen LogP contribution in [0.15, 0.2) is 29.6 Å². The van der Waals surface area contributed by atoms with Crippen LogP contribution in [0.25, 0.3) is 0 Å². The Balaban J connectivity index is 0.00000288. The molecule has 140 valence electrons. The predicted octanol–water partition coefficient (Wildman–Crippen LogP) is 2.32. The number of thiazole rings is 1. The fourth-order valence-electron chi connectivity index (χ4n) is 1.87. The van der Waals surface area contributed by atoms with Crippen molar-refractivity contribution in [2.24, 2.45) is 5.73 Å². The minimum absolute atomic E-state index is 0. The quantitative estimate of drug-likeness (QED) is 0.702. The number of carbonyl (C=O) groups excluding carboxylic acids is 1. The SMILES string of the molecule is CN(C)CCOc1cccc(CNC(=O)c2csc(CN)n2)c1.Cl.Cl. The molecule has 0 aliphatic heterocycles. The van der Waals surface area contributed by atoms with Gasteiger partial charge >= 0.3 is 0 Å². The van der Waals surface area contributed by atoms with Gasteiger partial charge in [0.25, 0.3) is 5.91 Å². The zero-order chi connectivity index (χ0) is 16.7. The summed E-state index contributed by atoms with van der Waals surface area (Å²) < 4.78 is 5.69. The molecule has 0 unspecified atom stereocenters. The zero-order valence-corrected chi connectivity index (χ0v) is 16.7. The molecule has 9 heteroatoms. The molecule has 0 saturated carbocycles. The summed E-state index contributed by atoms with van der Waals surface area (Å²) in [5.74, 6) is 0.609. The van der Waals surface area contributed by atoms with Crippen molar-refractivity contribution >= 4 is 42.1 Å². The first-order valence-corrected chi connectivity index (χ1v) is 8.25. The lowest BCUT2D eigenvalue weighted by molar-refractivity contribution is 0.0946. The molecule has 0 aliphatic rings. The van der Waals surface area contributed by atoms with Gasteiger partial charge in [0.1, 0.15) is 23.1 Å². The highest BCUT2D eigenvalue weighted by atomic mass is 35.5. The van der Waals surface area contributed by atoms with Crippen LogP contribution in [-0.4, -0.2) is 43.0 Å². The summed E-state index contributed by atoms with van der Waals surface area (Å²) in [6.45, 7) is 2.27. The van der Waals surface area contributed by atoms with Crippen molar-refractivity contribution in [2.75, 3.05) is 27.2 Å². The summed E-state index contributed by atoms with van der Waals surface area (Å²) in [6, 6.07) is 7.71. The molecule has 0 atom stereocenters. The van der Waals surface area contributed by atoms with Gasteiger partial charge in [-0.1, -0.05) is 12.1 Å². The molecule has 0 fully saturated rings. The number of amides is 1. The maximum absolute atomic E-state index is 12.0. The third-order valence-corrected chi connectivity index (χ3v) is 3.99. The molecule has 25 heavy (non-hydrogen) atoms. The molecule has 0 saturated heterocycles. The second kappa shape index (κ2) is 12.1. The fourth-order valence-corrected chi connectivity index (χ4v) is 2.53. The van der Waals surface area contributed by atoms with E-state index in [4.69, 9.17) is 10.5 Å². The maximum Gasteiger partial charge on any atom is 0.271 e. The normalized spacial score (nSPS) is 9.92. The number of hydrogen-bond acceptors (Lipinski definition) is 6. The van der Waals surface area contributed by atoms with Gasteiger partial charge in [0.05, 0.1) is 0 Å². The summed E-state index contributed by atoms with van der Waals surface area (Å²) in [4.78, 5) is 18.3. The topological polar surface area (TPSA) is 80.5 Å². The number of benzene rings is 1. The van der Waals surface area contributed by atoms with Gasteiger partial charge in [-0.2, -0.15) is 0 Å². The summed E-state index contributed by atoms with van der Waals surface area (Å²) in [7, 11) is 4.01. The number of nitrogens with one attached hydrogen (secondary N) is 1. The van der Waals surface area contributed by atoms with Crippen molar-refractivity contribution < 1.29 is 9.53 Å². The molecule has 1 aromatic carbocycles. The summed E-state index contributed by atoms with van der Waals surface area (Å²) in [5, 5.41) is 5.33. The Kier molecular flexibility index (Phi) is 11.4. The zero-order valence-electron chi connectivity index (χ0n) is 14.2. The Labute approximate surface area is 164 Å². The molecule has 1 heterocycles. The number of likely N-dealkylation sites (N-methyl/N-ethyl adjacent to an activating group) is 1. The van der Waals surface area contributed by atoms with E-state index in [1.165, 1.54) is 11.3 Å². The largest absolute Gasteiger partial charge is 0.492 e. The van der Waals surface area contributed by atoms with Crippen LogP contribution in [0.2, 0.25) is 0 Å². The van der Waals surface area contributed by atoms with Gasteiger partial charge < -0.3 is 20.7 Å². The second-order valence-corrected chi connectivity index (χ2v) is 6.26. The van der Waals surface area contributed by atoms with Gasteiger partial charge in [-0.25, -0.2) is 4.98 Å². The van der Waals surface area contributed by atoms with Crippen molar-refractivity contribution in [1.82, 2.24) is 15.2 Å². The lowest BCUT2D eigenvalue weighted by Gasteiger charge is -2.12. The minimum Gasteiger partial charge on any atom is -0.492 e. The van der Waals surface area contributed by atoms with Crippen molar-refractivity contribution in [3.8, 4) is 5.75 Å². The lowest BCUT2D eigenvalue weighted by Crippen LogP contribution is -2.23. The molecule has 0 bridgehead atoms. The van der Waals surface area contributed by atoms with Crippen LogP contribution >= 0.6 is 36.2 Å². The molecule has 3 N–H and O–H groups in total. The Bertz CT molecular complexity index is 653. The van der Waals surface area contributed by atoms with Gasteiger partial charge in [-0.3, -0.25) is 4.79 Å². The minimum atomic E-state index is -0.195. The average molecular weight is 407 g/mol. The molecule has 2 rings (SSSR count). The first-order valence-electron chi connectivity index (χ1n) is 7.37. The third kappa shape index (κ3) is 8.02. The number of hydrogen-bond donors (Lipinski definition) is 2. The second-order valence-electron chi connectivity index (χ2n) is 5.31. The lowest BCUT2D eigenvalue weighted by atomic mass is 10.2. The van der Waals surface area contributed by atoms with E-state index >= 15 is 0 Å². The van der Waals surface area contributed by atoms with Crippen LogP contribution in [0, 0.1) is 0 Å². The van der Waals surface area contributed by atoms with Crippen LogP contribution in [0.4, 0.5) is 0 Å². The number of nitrogens with zero attached hydrogens (tertiary/aromatic N) is 2. The van der Waals surface area contributed by atoms with Crippen LogP contribution in [0.5, 0.6) is 5.75 Å². The molecule has 1 amide bonds. The molecule has 6 nitrogen and oxygen atoms in total. The van der Waals surface area contributed by atoms with Crippen molar-refractivity contribution in [3.63, 3.8) is 0 Å². The first-order chi connectivity index (χ1) is 11.1. The number of carbonyl (C=O) groups is 1. The Hall–Kier alpha value is -1.38. The van der Waals surface area contributed by atoms with E-state index in [1.807, 2.05) is 38.4 Å². The van der Waals surface area contributed by atoms with Gasteiger partial charge in [-0.15, -0.1) is 36.2 Å². The first kappa shape index (κ1) is 23.6. The molecular weight excluding hydrogens is 383 g/mol. The number of halogens is 2.